The summed E-state index contributed by atoms with van der Waals surface area (Å²) < 4.78 is 1.73. The monoisotopic (exact) mass is 391 g/mol. The molecule has 1 aromatic rings. The first-order valence-electron chi connectivity index (χ1n) is 10.0. The lowest BCUT2D eigenvalue weighted by molar-refractivity contribution is -0.139. The van der Waals surface area contributed by atoms with Gasteiger partial charge in [0.05, 0.1) is 12.7 Å². The number of amides is 4. The number of carbonyl (C=O) groups is 3. The zero-order valence-electron chi connectivity index (χ0n) is 16.1. The van der Waals surface area contributed by atoms with Gasteiger partial charge in [0.15, 0.2) is 0 Å². The Labute approximate surface area is 164 Å². The normalized spacial score (nSPS) is 18.9. The van der Waals surface area contributed by atoms with Crippen molar-refractivity contribution in [2.45, 2.75) is 64.1 Å². The molecule has 0 spiro atoms. The maximum absolute atomic E-state index is 12.4. The first kappa shape index (κ1) is 20.1. The smallest absolute Gasteiger partial charge is 0.312 e. The van der Waals surface area contributed by atoms with Gasteiger partial charge in [-0.3, -0.25) is 14.3 Å². The molecule has 10 heteroatoms. The van der Waals surface area contributed by atoms with Gasteiger partial charge < -0.3 is 21.3 Å². The van der Waals surface area contributed by atoms with E-state index in [1.54, 1.807) is 15.8 Å². The summed E-state index contributed by atoms with van der Waals surface area (Å²) in [5.41, 5.74) is 5.68. The maximum atomic E-state index is 12.4. The Morgan fingerprint density at radius 3 is 2.71 bits per heavy atom. The average molecular weight is 391 g/mol. The highest BCUT2D eigenvalue weighted by Gasteiger charge is 2.40. The molecule has 0 bridgehead atoms. The molecule has 1 unspecified atom stereocenters. The van der Waals surface area contributed by atoms with Gasteiger partial charge in [-0.15, -0.1) is 5.10 Å². The fraction of sp³-hybridized carbons (Fsp3) is 0.722. The molecule has 2 heterocycles. The van der Waals surface area contributed by atoms with Gasteiger partial charge in [0.2, 0.25) is 11.8 Å². The molecule has 154 valence electrons. The van der Waals surface area contributed by atoms with Gasteiger partial charge in [-0.25, -0.2) is 4.79 Å². The summed E-state index contributed by atoms with van der Waals surface area (Å²) in [4.78, 5) is 37.1. The van der Waals surface area contributed by atoms with Crippen LogP contribution in [0.5, 0.6) is 0 Å². The number of hydrogen-bond donors (Lipinski definition) is 3. The van der Waals surface area contributed by atoms with Crippen LogP contribution in [0, 0.1) is 5.92 Å². The van der Waals surface area contributed by atoms with Gasteiger partial charge in [-0.05, 0) is 44.9 Å². The quantitative estimate of drug-likeness (QED) is 0.487. The summed E-state index contributed by atoms with van der Waals surface area (Å²) in [6.07, 6.45) is 8.14. The number of nitrogens with two attached hydrogens (primary N) is 1. The SMILES string of the molecule is NC(=O)NCc1cn(CCCCCNC(=O)C2CCCN2C(=O)C2CC2)nn1. The zero-order chi connectivity index (χ0) is 19.9. The molecule has 1 atom stereocenters. The Morgan fingerprint density at radius 2 is 1.96 bits per heavy atom. The number of primary amides is 1. The van der Waals surface area contributed by atoms with Crippen molar-refractivity contribution in [2.75, 3.05) is 13.1 Å². The van der Waals surface area contributed by atoms with E-state index in [9.17, 15) is 14.4 Å². The molecule has 0 aromatic carbocycles. The van der Waals surface area contributed by atoms with Crippen molar-refractivity contribution in [3.05, 3.63) is 11.9 Å². The van der Waals surface area contributed by atoms with Crippen molar-refractivity contribution < 1.29 is 14.4 Å². The van der Waals surface area contributed by atoms with E-state index in [1.165, 1.54) is 0 Å². The highest BCUT2D eigenvalue weighted by molar-refractivity contribution is 5.89. The summed E-state index contributed by atoms with van der Waals surface area (Å²) in [5.74, 6) is 0.308. The van der Waals surface area contributed by atoms with Crippen molar-refractivity contribution in [3.8, 4) is 0 Å². The van der Waals surface area contributed by atoms with Crippen LogP contribution in [0.1, 0.15) is 50.6 Å². The number of nitrogens with zero attached hydrogens (tertiary/aromatic N) is 4. The predicted molar refractivity (Wildman–Crippen MR) is 101 cm³/mol. The molecule has 2 fully saturated rings. The molecular formula is C18H29N7O3. The van der Waals surface area contributed by atoms with Crippen molar-refractivity contribution in [3.63, 3.8) is 0 Å². The lowest BCUT2D eigenvalue weighted by Gasteiger charge is -2.24. The molecule has 1 saturated carbocycles. The lowest BCUT2D eigenvalue weighted by atomic mass is 10.2. The van der Waals surface area contributed by atoms with Gasteiger partial charge in [0.1, 0.15) is 11.7 Å². The van der Waals surface area contributed by atoms with Crippen LogP contribution >= 0.6 is 0 Å². The van der Waals surface area contributed by atoms with Gasteiger partial charge in [-0.1, -0.05) is 5.21 Å². The molecule has 1 aromatic heterocycles. The van der Waals surface area contributed by atoms with Crippen LogP contribution in [-0.4, -0.2) is 56.9 Å². The van der Waals surface area contributed by atoms with E-state index in [0.29, 0.717) is 18.8 Å². The zero-order valence-corrected chi connectivity index (χ0v) is 16.1. The van der Waals surface area contributed by atoms with Gasteiger partial charge in [0, 0.05) is 25.6 Å². The van der Waals surface area contributed by atoms with Gasteiger partial charge >= 0.3 is 6.03 Å². The van der Waals surface area contributed by atoms with Crippen molar-refractivity contribution in [1.29, 1.82) is 0 Å². The minimum absolute atomic E-state index is 0.0191. The molecular weight excluding hydrogens is 362 g/mol. The first-order valence-corrected chi connectivity index (χ1v) is 10.0. The Hall–Kier alpha value is -2.65. The number of rotatable bonds is 10. The second-order valence-corrected chi connectivity index (χ2v) is 7.51. The molecule has 1 aliphatic heterocycles. The van der Waals surface area contributed by atoms with Gasteiger partial charge in [-0.2, -0.15) is 0 Å². The van der Waals surface area contributed by atoms with E-state index in [4.69, 9.17) is 5.73 Å². The van der Waals surface area contributed by atoms with Crippen molar-refractivity contribution in [1.82, 2.24) is 30.5 Å². The van der Waals surface area contributed by atoms with E-state index in [-0.39, 0.29) is 30.3 Å². The molecule has 0 radical (unpaired) electrons. The number of likely N-dealkylation sites (tertiary alicyclic amines) is 1. The summed E-state index contributed by atoms with van der Waals surface area (Å²) in [5, 5.41) is 13.4. The molecule has 4 N–H and O–H groups in total. The number of hydrogen-bond acceptors (Lipinski definition) is 5. The standard InChI is InChI=1S/C18H29N7O3/c19-18(28)21-11-14-12-24(23-22-14)9-3-1-2-8-20-16(26)15-5-4-10-25(15)17(27)13-6-7-13/h12-13,15H,1-11H2,(H,20,26)(H3,19,21,28). The highest BCUT2D eigenvalue weighted by Crippen LogP contribution is 2.33. The number of aromatic nitrogens is 3. The fourth-order valence-electron chi connectivity index (χ4n) is 3.48. The van der Waals surface area contributed by atoms with Crippen LogP contribution in [0.2, 0.25) is 0 Å². The first-order chi connectivity index (χ1) is 13.5. The molecule has 4 amide bonds. The van der Waals surface area contributed by atoms with Crippen LogP contribution in [0.3, 0.4) is 0 Å². The second kappa shape index (κ2) is 9.52. The third-order valence-electron chi connectivity index (χ3n) is 5.16. The number of aryl methyl sites for hydroxylation is 1. The van der Waals surface area contributed by atoms with E-state index in [0.717, 1.165) is 51.5 Å². The van der Waals surface area contributed by atoms with Crippen LogP contribution < -0.4 is 16.4 Å². The molecule has 1 saturated heterocycles. The Morgan fingerprint density at radius 1 is 1.14 bits per heavy atom. The van der Waals surface area contributed by atoms with E-state index in [1.807, 2.05) is 0 Å². The summed E-state index contributed by atoms with van der Waals surface area (Å²) in [7, 11) is 0. The third-order valence-corrected chi connectivity index (χ3v) is 5.16. The summed E-state index contributed by atoms with van der Waals surface area (Å²) in [6, 6.07) is -0.870. The molecule has 1 aliphatic carbocycles. The van der Waals surface area contributed by atoms with Crippen LogP contribution in [0.25, 0.3) is 0 Å². The Balaban J connectivity index is 1.28. The Bertz CT molecular complexity index is 701. The van der Waals surface area contributed by atoms with Gasteiger partial charge in [0.25, 0.3) is 0 Å². The van der Waals surface area contributed by atoms with Crippen LogP contribution in [0.15, 0.2) is 6.20 Å². The van der Waals surface area contributed by atoms with Crippen LogP contribution in [-0.2, 0) is 22.7 Å². The average Bonchev–Trinajstić information content (AvgIpc) is 3.23. The van der Waals surface area contributed by atoms with E-state index >= 15 is 0 Å². The minimum Gasteiger partial charge on any atom is -0.354 e. The van der Waals surface area contributed by atoms with Crippen LogP contribution in [0.4, 0.5) is 4.79 Å². The lowest BCUT2D eigenvalue weighted by Crippen LogP contribution is -2.46. The van der Waals surface area contributed by atoms with Crippen molar-refractivity contribution >= 4 is 17.8 Å². The molecule has 28 heavy (non-hydrogen) atoms. The van der Waals surface area contributed by atoms with E-state index in [2.05, 4.69) is 20.9 Å². The third kappa shape index (κ3) is 5.67. The Kier molecular flexibility index (Phi) is 6.83. The topological polar surface area (TPSA) is 135 Å². The highest BCUT2D eigenvalue weighted by atomic mass is 16.2. The number of urea groups is 1. The number of carbonyl (C=O) groups excluding carboxylic acids is 3. The second-order valence-electron chi connectivity index (χ2n) is 7.51. The summed E-state index contributed by atoms with van der Waals surface area (Å²) in [6.45, 7) is 2.32. The molecule has 10 nitrogen and oxygen atoms in total. The largest absolute Gasteiger partial charge is 0.354 e. The fourth-order valence-corrected chi connectivity index (χ4v) is 3.48. The minimum atomic E-state index is -0.589. The number of unbranched alkanes of at least 4 members (excludes halogenated alkanes) is 2. The molecule has 3 rings (SSSR count). The summed E-state index contributed by atoms with van der Waals surface area (Å²) >= 11 is 0. The van der Waals surface area contributed by atoms with E-state index < -0.39 is 6.03 Å². The molecule has 2 aliphatic rings. The maximum Gasteiger partial charge on any atom is 0.312 e. The predicted octanol–water partition coefficient (Wildman–Crippen LogP) is 0.134. The van der Waals surface area contributed by atoms with Crippen molar-refractivity contribution in [2.24, 2.45) is 11.7 Å². The number of nitrogens with one attached hydrogen (secondary N) is 2.